The molecule has 0 bridgehead atoms. The Hall–Kier alpha value is -2.07. The Kier molecular flexibility index (Phi) is 5.17. The van der Waals surface area contributed by atoms with Crippen LogP contribution in [0.2, 0.25) is 0 Å². The summed E-state index contributed by atoms with van der Waals surface area (Å²) in [6, 6.07) is 12.7. The van der Waals surface area contributed by atoms with E-state index in [9.17, 15) is 4.39 Å². The second-order valence-electron chi connectivity index (χ2n) is 4.66. The van der Waals surface area contributed by atoms with Crippen LogP contribution in [-0.4, -0.2) is 20.8 Å². The Bertz CT molecular complexity index is 584. The Balaban J connectivity index is 2.35. The SMILES string of the molecule is CCNC(c1ccc(OC)cc1)c1ccc(OC)c(F)c1. The van der Waals surface area contributed by atoms with Crippen LogP contribution < -0.4 is 14.8 Å². The van der Waals surface area contributed by atoms with Crippen molar-refractivity contribution >= 4 is 0 Å². The van der Waals surface area contributed by atoms with E-state index in [0.717, 1.165) is 23.4 Å². The zero-order valence-corrected chi connectivity index (χ0v) is 12.5. The first kappa shape index (κ1) is 15.3. The predicted octanol–water partition coefficient (Wildman–Crippen LogP) is 3.54. The third-order valence-electron chi connectivity index (χ3n) is 3.37. The van der Waals surface area contributed by atoms with Crippen molar-refractivity contribution in [1.82, 2.24) is 5.32 Å². The molecule has 0 fully saturated rings. The van der Waals surface area contributed by atoms with Crippen molar-refractivity contribution in [2.75, 3.05) is 20.8 Å². The third-order valence-corrected chi connectivity index (χ3v) is 3.37. The predicted molar refractivity (Wildman–Crippen MR) is 81.5 cm³/mol. The molecule has 0 aromatic heterocycles. The average molecular weight is 289 g/mol. The van der Waals surface area contributed by atoms with Crippen molar-refractivity contribution in [2.24, 2.45) is 0 Å². The number of halogens is 1. The van der Waals surface area contributed by atoms with Crippen molar-refractivity contribution in [3.63, 3.8) is 0 Å². The number of methoxy groups -OCH3 is 2. The highest BCUT2D eigenvalue weighted by molar-refractivity contribution is 5.38. The van der Waals surface area contributed by atoms with E-state index in [1.807, 2.05) is 37.3 Å². The molecule has 0 aliphatic carbocycles. The van der Waals surface area contributed by atoms with E-state index in [1.165, 1.54) is 13.2 Å². The topological polar surface area (TPSA) is 30.5 Å². The van der Waals surface area contributed by atoms with Crippen LogP contribution in [0, 0.1) is 5.82 Å². The minimum atomic E-state index is -0.355. The Morgan fingerprint density at radius 2 is 1.67 bits per heavy atom. The van der Waals surface area contributed by atoms with Gasteiger partial charge in [-0.3, -0.25) is 0 Å². The maximum Gasteiger partial charge on any atom is 0.165 e. The molecular formula is C17H20FNO2. The van der Waals surface area contributed by atoms with Gasteiger partial charge in [0.1, 0.15) is 5.75 Å². The lowest BCUT2D eigenvalue weighted by atomic mass is 9.98. The molecule has 112 valence electrons. The molecule has 0 aliphatic rings. The van der Waals surface area contributed by atoms with Crippen LogP contribution in [0.1, 0.15) is 24.1 Å². The summed E-state index contributed by atoms with van der Waals surface area (Å²) in [6.45, 7) is 2.81. The van der Waals surface area contributed by atoms with Crippen molar-refractivity contribution in [1.29, 1.82) is 0 Å². The highest BCUT2D eigenvalue weighted by Crippen LogP contribution is 2.27. The number of benzene rings is 2. The van der Waals surface area contributed by atoms with Crippen molar-refractivity contribution in [3.8, 4) is 11.5 Å². The lowest BCUT2D eigenvalue weighted by Gasteiger charge is -2.20. The largest absolute Gasteiger partial charge is 0.497 e. The lowest BCUT2D eigenvalue weighted by molar-refractivity contribution is 0.385. The molecule has 1 atom stereocenters. The molecule has 4 heteroatoms. The van der Waals surface area contributed by atoms with E-state index in [1.54, 1.807) is 13.2 Å². The summed E-state index contributed by atoms with van der Waals surface area (Å²) in [7, 11) is 3.10. The number of nitrogens with one attached hydrogen (secondary N) is 1. The minimum absolute atomic E-state index is 0.0682. The molecule has 0 aliphatic heterocycles. The molecule has 3 nitrogen and oxygen atoms in total. The first-order chi connectivity index (χ1) is 10.2. The fraction of sp³-hybridized carbons (Fsp3) is 0.294. The Morgan fingerprint density at radius 3 is 2.19 bits per heavy atom. The minimum Gasteiger partial charge on any atom is -0.497 e. The van der Waals surface area contributed by atoms with Gasteiger partial charge in [0.15, 0.2) is 11.6 Å². The molecule has 0 radical (unpaired) electrons. The normalized spacial score (nSPS) is 12.0. The van der Waals surface area contributed by atoms with Crippen LogP contribution in [0.25, 0.3) is 0 Å². The van der Waals surface area contributed by atoms with E-state index in [0.29, 0.717) is 0 Å². The van der Waals surface area contributed by atoms with E-state index >= 15 is 0 Å². The first-order valence-electron chi connectivity index (χ1n) is 6.90. The maximum absolute atomic E-state index is 13.9. The van der Waals surface area contributed by atoms with Crippen LogP contribution >= 0.6 is 0 Å². The molecule has 1 unspecified atom stereocenters. The van der Waals surface area contributed by atoms with E-state index in [-0.39, 0.29) is 17.6 Å². The van der Waals surface area contributed by atoms with Gasteiger partial charge in [-0.1, -0.05) is 25.1 Å². The van der Waals surface area contributed by atoms with Gasteiger partial charge < -0.3 is 14.8 Å². The smallest absolute Gasteiger partial charge is 0.165 e. The highest BCUT2D eigenvalue weighted by atomic mass is 19.1. The molecule has 0 saturated heterocycles. The van der Waals surface area contributed by atoms with Gasteiger partial charge in [0.25, 0.3) is 0 Å². The van der Waals surface area contributed by atoms with Crippen molar-refractivity contribution < 1.29 is 13.9 Å². The molecule has 2 aromatic carbocycles. The standard InChI is InChI=1S/C17H20FNO2/c1-4-19-17(12-5-8-14(20-2)9-6-12)13-7-10-16(21-3)15(18)11-13/h5-11,17,19H,4H2,1-3H3. The summed E-state index contributed by atoms with van der Waals surface area (Å²) >= 11 is 0. The zero-order chi connectivity index (χ0) is 15.2. The van der Waals surface area contributed by atoms with Crippen molar-refractivity contribution in [3.05, 3.63) is 59.4 Å². The summed E-state index contributed by atoms with van der Waals surface area (Å²) in [5.74, 6) is 0.699. The molecule has 2 rings (SSSR count). The quantitative estimate of drug-likeness (QED) is 0.882. The molecule has 0 heterocycles. The van der Waals surface area contributed by atoms with Crippen LogP contribution in [0.3, 0.4) is 0 Å². The van der Waals surface area contributed by atoms with Crippen LogP contribution in [0.5, 0.6) is 11.5 Å². The summed E-state index contributed by atoms with van der Waals surface area (Å²) in [4.78, 5) is 0. The summed E-state index contributed by atoms with van der Waals surface area (Å²) < 4.78 is 24.0. The summed E-state index contributed by atoms with van der Waals surface area (Å²) in [5.41, 5.74) is 1.92. The van der Waals surface area contributed by atoms with Gasteiger partial charge in [0.05, 0.1) is 20.3 Å². The number of ether oxygens (including phenoxy) is 2. The van der Waals surface area contributed by atoms with E-state index in [2.05, 4.69) is 5.32 Å². The highest BCUT2D eigenvalue weighted by Gasteiger charge is 2.15. The molecule has 1 N–H and O–H groups in total. The van der Waals surface area contributed by atoms with E-state index in [4.69, 9.17) is 9.47 Å². The van der Waals surface area contributed by atoms with Crippen LogP contribution in [-0.2, 0) is 0 Å². The first-order valence-corrected chi connectivity index (χ1v) is 6.90. The van der Waals surface area contributed by atoms with Gasteiger partial charge in [0.2, 0.25) is 0 Å². The van der Waals surface area contributed by atoms with Gasteiger partial charge >= 0.3 is 0 Å². The molecule has 0 spiro atoms. The Morgan fingerprint density at radius 1 is 1.00 bits per heavy atom. The molecule has 21 heavy (non-hydrogen) atoms. The third kappa shape index (κ3) is 3.52. The van der Waals surface area contributed by atoms with Gasteiger partial charge in [-0.25, -0.2) is 4.39 Å². The van der Waals surface area contributed by atoms with Crippen molar-refractivity contribution in [2.45, 2.75) is 13.0 Å². The number of hydrogen-bond donors (Lipinski definition) is 1. The number of hydrogen-bond acceptors (Lipinski definition) is 3. The van der Waals surface area contributed by atoms with Gasteiger partial charge in [0, 0.05) is 0 Å². The van der Waals surface area contributed by atoms with Crippen LogP contribution in [0.15, 0.2) is 42.5 Å². The molecule has 2 aromatic rings. The van der Waals surface area contributed by atoms with Gasteiger partial charge in [-0.15, -0.1) is 0 Å². The average Bonchev–Trinajstić information content (AvgIpc) is 2.52. The number of rotatable bonds is 6. The molecule has 0 saturated carbocycles. The molecule has 0 amide bonds. The van der Waals surface area contributed by atoms with E-state index < -0.39 is 0 Å². The zero-order valence-electron chi connectivity index (χ0n) is 12.5. The van der Waals surface area contributed by atoms with Crippen LogP contribution in [0.4, 0.5) is 4.39 Å². The Labute approximate surface area is 124 Å². The fourth-order valence-electron chi connectivity index (χ4n) is 2.29. The monoisotopic (exact) mass is 289 g/mol. The lowest BCUT2D eigenvalue weighted by Crippen LogP contribution is -2.22. The summed E-state index contributed by atoms with van der Waals surface area (Å²) in [5, 5.41) is 3.37. The van der Waals surface area contributed by atoms with Gasteiger partial charge in [-0.2, -0.15) is 0 Å². The maximum atomic E-state index is 13.9. The second kappa shape index (κ2) is 7.09. The van der Waals surface area contributed by atoms with Gasteiger partial charge in [-0.05, 0) is 41.9 Å². The molecular weight excluding hydrogens is 269 g/mol. The fourth-order valence-corrected chi connectivity index (χ4v) is 2.29. The second-order valence-corrected chi connectivity index (χ2v) is 4.66. The summed E-state index contributed by atoms with van der Waals surface area (Å²) in [6.07, 6.45) is 0.